The molecule has 2 aromatic heterocycles. The smallest absolute Gasteiger partial charge is 0.284 e. The molecule has 1 aliphatic rings. The number of carbonyl (C=O) groups is 1. The largest absolute Gasteiger partial charge is 0.307 e. The average Bonchev–Trinajstić information content (AvgIpc) is 3.25. The van der Waals surface area contributed by atoms with Crippen LogP contribution < -0.4 is 10.6 Å². The molecule has 9 heteroatoms. The molecule has 2 N–H and O–H groups in total. The first-order valence-electron chi connectivity index (χ1n) is 8.32. The molecule has 0 atom stereocenters. The van der Waals surface area contributed by atoms with Gasteiger partial charge in [-0.3, -0.25) is 9.78 Å². The number of nitrogens with one attached hydrogen (secondary N) is 2. The van der Waals surface area contributed by atoms with E-state index in [1.807, 2.05) is 13.0 Å². The van der Waals surface area contributed by atoms with Gasteiger partial charge in [0.1, 0.15) is 0 Å². The first-order chi connectivity index (χ1) is 13.0. The fourth-order valence-corrected chi connectivity index (χ4v) is 4.34. The van der Waals surface area contributed by atoms with Gasteiger partial charge in [-0.25, -0.2) is 0 Å². The summed E-state index contributed by atoms with van der Waals surface area (Å²) in [6.45, 7) is 2.69. The first-order valence-corrected chi connectivity index (χ1v) is 9.76. The molecular weight excluding hydrogens is 366 g/mol. The van der Waals surface area contributed by atoms with Crippen LogP contribution in [0.15, 0.2) is 53.7 Å². The number of carbonyl (C=O) groups excluding carboxylic acids is 1. The van der Waals surface area contributed by atoms with Crippen molar-refractivity contribution in [3.05, 3.63) is 71.2 Å². The van der Waals surface area contributed by atoms with E-state index in [-0.39, 0.29) is 10.7 Å². The van der Waals surface area contributed by atoms with E-state index < -0.39 is 15.9 Å². The number of hydrogen-bond donors (Lipinski definition) is 2. The summed E-state index contributed by atoms with van der Waals surface area (Å²) in [5, 5.41) is 10.1. The first kappa shape index (κ1) is 17.4. The average molecular weight is 383 g/mol. The molecule has 138 valence electrons. The molecule has 4 rings (SSSR count). The van der Waals surface area contributed by atoms with E-state index in [2.05, 4.69) is 20.7 Å². The molecular formula is C18H17N5O3S. The minimum atomic E-state index is -3.95. The fraction of sp³-hybridized carbons (Fsp3) is 0.167. The third-order valence-electron chi connectivity index (χ3n) is 4.30. The molecule has 0 aliphatic carbocycles. The van der Waals surface area contributed by atoms with E-state index in [0.29, 0.717) is 29.9 Å². The van der Waals surface area contributed by atoms with Crippen molar-refractivity contribution in [1.29, 1.82) is 0 Å². The lowest BCUT2D eigenvalue weighted by atomic mass is 10.2. The Morgan fingerprint density at radius 1 is 1.22 bits per heavy atom. The highest BCUT2D eigenvalue weighted by Gasteiger charge is 2.30. The Hall–Kier alpha value is -3.04. The predicted molar refractivity (Wildman–Crippen MR) is 98.7 cm³/mol. The highest BCUT2D eigenvalue weighted by Crippen LogP contribution is 2.28. The second kappa shape index (κ2) is 6.60. The van der Waals surface area contributed by atoms with E-state index in [9.17, 15) is 13.2 Å². The van der Waals surface area contributed by atoms with Gasteiger partial charge in [0.25, 0.3) is 15.9 Å². The second-order valence-corrected chi connectivity index (χ2v) is 8.01. The molecule has 8 nitrogen and oxygen atoms in total. The zero-order valence-corrected chi connectivity index (χ0v) is 15.3. The maximum absolute atomic E-state index is 13.1. The van der Waals surface area contributed by atoms with E-state index >= 15 is 0 Å². The fourth-order valence-electron chi connectivity index (χ4n) is 2.96. The Bertz CT molecular complexity index is 1120. The Balaban J connectivity index is 1.80. The third-order valence-corrected chi connectivity index (χ3v) is 5.87. The number of anilines is 1. The highest BCUT2D eigenvalue weighted by molar-refractivity contribution is 7.90. The predicted octanol–water partition coefficient (Wildman–Crippen LogP) is 1.68. The summed E-state index contributed by atoms with van der Waals surface area (Å²) < 4.78 is 27.2. The molecule has 0 saturated carbocycles. The van der Waals surface area contributed by atoms with Crippen molar-refractivity contribution < 1.29 is 13.2 Å². The Morgan fingerprint density at radius 3 is 2.81 bits per heavy atom. The standard InChI is InChI=1S/C18H17N5O3S/c1-12-4-2-6-14(8-12)27(25,26)23-17(15-10-20-11-16(15)22-23)21-18(24)13-5-3-7-19-9-13/h2-9,20H,10-11H2,1H3,(H,21,24). The third kappa shape index (κ3) is 3.11. The second-order valence-electron chi connectivity index (χ2n) is 6.24. The van der Waals surface area contributed by atoms with Crippen LogP contribution in [-0.4, -0.2) is 28.5 Å². The van der Waals surface area contributed by atoms with Crippen molar-refractivity contribution in [2.45, 2.75) is 24.9 Å². The molecule has 0 radical (unpaired) electrons. The van der Waals surface area contributed by atoms with Crippen LogP contribution in [0, 0.1) is 6.92 Å². The van der Waals surface area contributed by atoms with Gasteiger partial charge in [0.15, 0.2) is 5.82 Å². The number of rotatable bonds is 4. The molecule has 27 heavy (non-hydrogen) atoms. The van der Waals surface area contributed by atoms with E-state index in [4.69, 9.17) is 0 Å². The molecule has 0 bridgehead atoms. The van der Waals surface area contributed by atoms with Crippen LogP contribution in [0.4, 0.5) is 5.82 Å². The highest BCUT2D eigenvalue weighted by atomic mass is 32.2. The summed E-state index contributed by atoms with van der Waals surface area (Å²) in [6, 6.07) is 9.83. The van der Waals surface area contributed by atoms with Gasteiger partial charge in [0.2, 0.25) is 0 Å². The summed E-state index contributed by atoms with van der Waals surface area (Å²) >= 11 is 0. The summed E-state index contributed by atoms with van der Waals surface area (Å²) in [4.78, 5) is 16.6. The van der Waals surface area contributed by atoms with Crippen LogP contribution in [0.2, 0.25) is 0 Å². The number of amides is 1. The molecule has 0 spiro atoms. The van der Waals surface area contributed by atoms with Crippen molar-refractivity contribution in [2.24, 2.45) is 0 Å². The zero-order chi connectivity index (χ0) is 19.0. The molecule has 0 unspecified atom stereocenters. The maximum Gasteiger partial charge on any atom is 0.284 e. The van der Waals surface area contributed by atoms with Gasteiger partial charge in [-0.05, 0) is 36.8 Å². The zero-order valence-electron chi connectivity index (χ0n) is 14.5. The Morgan fingerprint density at radius 2 is 2.07 bits per heavy atom. The lowest BCUT2D eigenvalue weighted by Crippen LogP contribution is -2.23. The lowest BCUT2D eigenvalue weighted by molar-refractivity contribution is 0.102. The quantitative estimate of drug-likeness (QED) is 0.710. The lowest BCUT2D eigenvalue weighted by Gasteiger charge is -2.12. The van der Waals surface area contributed by atoms with Crippen LogP contribution in [0.3, 0.4) is 0 Å². The number of hydrogen-bond acceptors (Lipinski definition) is 6. The van der Waals surface area contributed by atoms with Crippen LogP contribution >= 0.6 is 0 Å². The van der Waals surface area contributed by atoms with E-state index in [1.165, 1.54) is 12.3 Å². The maximum atomic E-state index is 13.1. The van der Waals surface area contributed by atoms with E-state index in [1.54, 1.807) is 30.5 Å². The SMILES string of the molecule is Cc1cccc(S(=O)(=O)n2nc3c(c2NC(=O)c2cccnc2)CNC3)c1. The minimum Gasteiger partial charge on any atom is -0.307 e. The number of aromatic nitrogens is 3. The monoisotopic (exact) mass is 383 g/mol. The van der Waals surface area contributed by atoms with E-state index in [0.717, 1.165) is 9.65 Å². The minimum absolute atomic E-state index is 0.119. The van der Waals surface area contributed by atoms with Gasteiger partial charge in [0, 0.05) is 31.0 Å². The molecule has 0 saturated heterocycles. The number of nitrogens with zero attached hydrogens (tertiary/aromatic N) is 3. The Labute approximate surface area is 156 Å². The normalized spacial score (nSPS) is 13.4. The molecule has 1 amide bonds. The van der Waals surface area contributed by atoms with Crippen LogP contribution in [0.5, 0.6) is 0 Å². The summed E-state index contributed by atoms with van der Waals surface area (Å²) in [7, 11) is -3.95. The van der Waals surface area contributed by atoms with Gasteiger partial charge < -0.3 is 10.6 Å². The van der Waals surface area contributed by atoms with Crippen molar-refractivity contribution in [3.63, 3.8) is 0 Å². The van der Waals surface area contributed by atoms with Gasteiger partial charge in [-0.2, -0.15) is 13.5 Å². The molecule has 1 aromatic carbocycles. The van der Waals surface area contributed by atoms with Crippen LogP contribution in [0.25, 0.3) is 0 Å². The van der Waals surface area contributed by atoms with Gasteiger partial charge >= 0.3 is 0 Å². The summed E-state index contributed by atoms with van der Waals surface area (Å²) in [5.74, 6) is -0.288. The van der Waals surface area contributed by atoms with Gasteiger partial charge in [-0.15, -0.1) is 4.09 Å². The molecule has 3 aromatic rings. The number of pyridine rings is 1. The molecule has 3 heterocycles. The molecule has 1 aliphatic heterocycles. The topological polar surface area (TPSA) is 106 Å². The van der Waals surface area contributed by atoms with Crippen molar-refractivity contribution in [1.82, 2.24) is 19.5 Å². The molecule has 0 fully saturated rings. The van der Waals surface area contributed by atoms with Crippen molar-refractivity contribution in [3.8, 4) is 0 Å². The van der Waals surface area contributed by atoms with Gasteiger partial charge in [0.05, 0.1) is 16.2 Å². The summed E-state index contributed by atoms with van der Waals surface area (Å²) in [5.41, 5.74) is 2.42. The Kier molecular flexibility index (Phi) is 4.25. The van der Waals surface area contributed by atoms with Crippen molar-refractivity contribution in [2.75, 3.05) is 5.32 Å². The number of fused-ring (bicyclic) bond motifs is 1. The van der Waals surface area contributed by atoms with Crippen LogP contribution in [0.1, 0.15) is 27.2 Å². The van der Waals surface area contributed by atoms with Crippen molar-refractivity contribution >= 4 is 21.7 Å². The summed E-state index contributed by atoms with van der Waals surface area (Å²) in [6.07, 6.45) is 2.98. The van der Waals surface area contributed by atoms with Crippen LogP contribution in [-0.2, 0) is 23.1 Å². The number of benzene rings is 1. The van der Waals surface area contributed by atoms with Gasteiger partial charge in [-0.1, -0.05) is 12.1 Å². The number of aryl methyl sites for hydroxylation is 1.